The highest BCUT2D eigenvalue weighted by Gasteiger charge is 2.25. The third-order valence-corrected chi connectivity index (χ3v) is 4.13. The molecule has 4 nitrogen and oxygen atoms in total. The summed E-state index contributed by atoms with van der Waals surface area (Å²) in [5, 5.41) is 2.91. The van der Waals surface area contributed by atoms with E-state index in [0.29, 0.717) is 24.2 Å². The van der Waals surface area contributed by atoms with Crippen LogP contribution in [0, 0.1) is 0 Å². The van der Waals surface area contributed by atoms with Crippen LogP contribution in [-0.4, -0.2) is 18.4 Å². The molecule has 0 unspecified atom stereocenters. The molecule has 2 amide bonds. The fourth-order valence-electron chi connectivity index (χ4n) is 2.83. The van der Waals surface area contributed by atoms with Crippen molar-refractivity contribution in [3.05, 3.63) is 59.7 Å². The standard InChI is InChI=1S/C19H20N2O2/c1-2-14-9-11-15(12-10-14)20-19(23)16-6-3-4-7-17(16)21-13-5-8-18(21)22/h3-4,6-7,9-12H,2,5,8,13H2,1H3,(H,20,23). The van der Waals surface area contributed by atoms with E-state index in [4.69, 9.17) is 0 Å². The normalized spacial score (nSPS) is 14.1. The average Bonchev–Trinajstić information content (AvgIpc) is 3.01. The Kier molecular flexibility index (Phi) is 4.42. The Morgan fingerprint density at radius 3 is 2.52 bits per heavy atom. The molecule has 0 aliphatic carbocycles. The summed E-state index contributed by atoms with van der Waals surface area (Å²) >= 11 is 0. The Morgan fingerprint density at radius 2 is 1.87 bits per heavy atom. The van der Waals surface area contributed by atoms with Crippen LogP contribution in [0.15, 0.2) is 48.5 Å². The third-order valence-electron chi connectivity index (χ3n) is 4.13. The zero-order chi connectivity index (χ0) is 16.2. The lowest BCUT2D eigenvalue weighted by Crippen LogP contribution is -2.27. The van der Waals surface area contributed by atoms with Gasteiger partial charge in [-0.05, 0) is 42.7 Å². The number of anilines is 2. The number of amides is 2. The molecule has 4 heteroatoms. The van der Waals surface area contributed by atoms with Gasteiger partial charge in [0.15, 0.2) is 0 Å². The van der Waals surface area contributed by atoms with Gasteiger partial charge in [-0.3, -0.25) is 9.59 Å². The van der Waals surface area contributed by atoms with E-state index in [1.165, 1.54) is 5.56 Å². The summed E-state index contributed by atoms with van der Waals surface area (Å²) in [7, 11) is 0. The molecule has 1 heterocycles. The number of nitrogens with one attached hydrogen (secondary N) is 1. The fourth-order valence-corrected chi connectivity index (χ4v) is 2.83. The van der Waals surface area contributed by atoms with Crippen molar-refractivity contribution in [1.82, 2.24) is 0 Å². The fraction of sp³-hybridized carbons (Fsp3) is 0.263. The Hall–Kier alpha value is -2.62. The molecule has 1 aliphatic heterocycles. The zero-order valence-corrected chi connectivity index (χ0v) is 13.2. The number of benzene rings is 2. The van der Waals surface area contributed by atoms with Gasteiger partial charge >= 0.3 is 0 Å². The van der Waals surface area contributed by atoms with Crippen LogP contribution in [0.25, 0.3) is 0 Å². The van der Waals surface area contributed by atoms with E-state index in [1.54, 1.807) is 11.0 Å². The second kappa shape index (κ2) is 6.65. The molecule has 1 saturated heterocycles. The maximum absolute atomic E-state index is 12.6. The van der Waals surface area contributed by atoms with Crippen LogP contribution < -0.4 is 10.2 Å². The van der Waals surface area contributed by atoms with Crippen LogP contribution in [0.3, 0.4) is 0 Å². The predicted octanol–water partition coefficient (Wildman–Crippen LogP) is 3.63. The molecule has 118 valence electrons. The van der Waals surface area contributed by atoms with Gasteiger partial charge in [0.1, 0.15) is 0 Å². The number of rotatable bonds is 4. The van der Waals surface area contributed by atoms with Crippen LogP contribution in [0.1, 0.15) is 35.7 Å². The maximum Gasteiger partial charge on any atom is 0.257 e. The quantitative estimate of drug-likeness (QED) is 0.937. The van der Waals surface area contributed by atoms with Crippen LogP contribution in [0.5, 0.6) is 0 Å². The van der Waals surface area contributed by atoms with Crippen molar-refractivity contribution in [3.63, 3.8) is 0 Å². The minimum absolute atomic E-state index is 0.0811. The summed E-state index contributed by atoms with van der Waals surface area (Å²) in [6.07, 6.45) is 2.36. The van der Waals surface area contributed by atoms with Crippen molar-refractivity contribution in [1.29, 1.82) is 0 Å². The van der Waals surface area contributed by atoms with E-state index in [2.05, 4.69) is 12.2 Å². The highest BCUT2D eigenvalue weighted by Crippen LogP contribution is 2.26. The van der Waals surface area contributed by atoms with Gasteiger partial charge in [0.05, 0.1) is 11.3 Å². The van der Waals surface area contributed by atoms with Gasteiger partial charge in [0.25, 0.3) is 5.91 Å². The summed E-state index contributed by atoms with van der Waals surface area (Å²) in [4.78, 5) is 26.3. The summed E-state index contributed by atoms with van der Waals surface area (Å²) < 4.78 is 0. The van der Waals surface area contributed by atoms with E-state index in [1.807, 2.05) is 42.5 Å². The van der Waals surface area contributed by atoms with E-state index >= 15 is 0 Å². The van der Waals surface area contributed by atoms with Crippen LogP contribution in [-0.2, 0) is 11.2 Å². The topological polar surface area (TPSA) is 49.4 Å². The van der Waals surface area contributed by atoms with E-state index < -0.39 is 0 Å². The van der Waals surface area contributed by atoms with Crippen molar-refractivity contribution in [2.45, 2.75) is 26.2 Å². The lowest BCUT2D eigenvalue weighted by molar-refractivity contribution is -0.117. The van der Waals surface area contributed by atoms with Crippen molar-refractivity contribution in [2.75, 3.05) is 16.8 Å². The molecule has 0 radical (unpaired) electrons. The molecule has 0 spiro atoms. The predicted molar refractivity (Wildman–Crippen MR) is 91.8 cm³/mol. The molecular weight excluding hydrogens is 288 g/mol. The first-order valence-electron chi connectivity index (χ1n) is 7.98. The van der Waals surface area contributed by atoms with E-state index in [9.17, 15) is 9.59 Å². The summed E-state index contributed by atoms with van der Waals surface area (Å²) in [6.45, 7) is 2.77. The number of hydrogen-bond donors (Lipinski definition) is 1. The lowest BCUT2D eigenvalue weighted by atomic mass is 10.1. The minimum atomic E-state index is -0.190. The number of nitrogens with zero attached hydrogens (tertiary/aromatic N) is 1. The molecule has 1 fully saturated rings. The van der Waals surface area contributed by atoms with Crippen molar-refractivity contribution >= 4 is 23.2 Å². The van der Waals surface area contributed by atoms with Gasteiger partial charge in [-0.25, -0.2) is 0 Å². The molecule has 3 rings (SSSR count). The van der Waals surface area contributed by atoms with E-state index in [0.717, 1.165) is 18.5 Å². The zero-order valence-electron chi connectivity index (χ0n) is 13.2. The Balaban J connectivity index is 1.83. The second-order valence-electron chi connectivity index (χ2n) is 5.67. The molecule has 23 heavy (non-hydrogen) atoms. The van der Waals surface area contributed by atoms with Gasteiger partial charge in [0, 0.05) is 18.7 Å². The highest BCUT2D eigenvalue weighted by atomic mass is 16.2. The molecule has 0 atom stereocenters. The van der Waals surface area contributed by atoms with Crippen molar-refractivity contribution in [3.8, 4) is 0 Å². The van der Waals surface area contributed by atoms with E-state index in [-0.39, 0.29) is 11.8 Å². The number of carbonyl (C=O) groups excluding carboxylic acids is 2. The minimum Gasteiger partial charge on any atom is -0.322 e. The average molecular weight is 308 g/mol. The number of para-hydroxylation sites is 1. The second-order valence-corrected chi connectivity index (χ2v) is 5.67. The smallest absolute Gasteiger partial charge is 0.257 e. The van der Waals surface area contributed by atoms with Crippen molar-refractivity contribution < 1.29 is 9.59 Å². The van der Waals surface area contributed by atoms with Gasteiger partial charge in [0.2, 0.25) is 5.91 Å². The number of carbonyl (C=O) groups is 2. The molecule has 0 saturated carbocycles. The van der Waals surface area contributed by atoms with Gasteiger partial charge < -0.3 is 10.2 Å². The Bertz CT molecular complexity index is 722. The van der Waals surface area contributed by atoms with Gasteiger partial charge in [-0.1, -0.05) is 31.2 Å². The number of hydrogen-bond acceptors (Lipinski definition) is 2. The van der Waals surface area contributed by atoms with Gasteiger partial charge in [-0.15, -0.1) is 0 Å². The first-order valence-corrected chi connectivity index (χ1v) is 7.98. The third kappa shape index (κ3) is 3.26. The van der Waals surface area contributed by atoms with Crippen LogP contribution in [0.2, 0.25) is 0 Å². The number of aryl methyl sites for hydroxylation is 1. The lowest BCUT2D eigenvalue weighted by Gasteiger charge is -2.19. The molecular formula is C19H20N2O2. The van der Waals surface area contributed by atoms with Crippen LogP contribution in [0.4, 0.5) is 11.4 Å². The van der Waals surface area contributed by atoms with Crippen molar-refractivity contribution in [2.24, 2.45) is 0 Å². The molecule has 2 aromatic carbocycles. The molecule has 0 bridgehead atoms. The van der Waals surface area contributed by atoms with Crippen LogP contribution >= 0.6 is 0 Å². The Morgan fingerprint density at radius 1 is 1.13 bits per heavy atom. The summed E-state index contributed by atoms with van der Waals surface area (Å²) in [5.41, 5.74) is 3.21. The first-order chi connectivity index (χ1) is 11.2. The summed E-state index contributed by atoms with van der Waals surface area (Å²) in [5.74, 6) is -0.109. The molecule has 1 aliphatic rings. The molecule has 1 N–H and O–H groups in total. The highest BCUT2D eigenvalue weighted by molar-refractivity contribution is 6.11. The maximum atomic E-state index is 12.6. The first kappa shape index (κ1) is 15.3. The molecule has 0 aromatic heterocycles. The summed E-state index contributed by atoms with van der Waals surface area (Å²) in [6, 6.07) is 15.1. The largest absolute Gasteiger partial charge is 0.322 e. The Labute approximate surface area is 136 Å². The monoisotopic (exact) mass is 308 g/mol. The SMILES string of the molecule is CCc1ccc(NC(=O)c2ccccc2N2CCCC2=O)cc1. The van der Waals surface area contributed by atoms with Gasteiger partial charge in [-0.2, -0.15) is 0 Å². The molecule has 2 aromatic rings.